The largest absolute Gasteiger partial charge is 0.626 e. The fourth-order valence-corrected chi connectivity index (χ4v) is 4.50. The summed E-state index contributed by atoms with van der Waals surface area (Å²) in [5, 5.41) is 0.655. The van der Waals surface area contributed by atoms with E-state index in [1.54, 1.807) is 17.9 Å². The number of hydrogen-bond acceptors (Lipinski definition) is 5. The molecule has 0 aliphatic heterocycles. The second-order valence-corrected chi connectivity index (χ2v) is 11.3. The first-order valence-electron chi connectivity index (χ1n) is 9.97. The van der Waals surface area contributed by atoms with Gasteiger partial charge < -0.3 is 4.89 Å². The number of nitrogens with zero attached hydrogens (tertiary/aromatic N) is 3. The first-order chi connectivity index (χ1) is 15.0. The lowest BCUT2D eigenvalue weighted by molar-refractivity contribution is -0.149. The van der Waals surface area contributed by atoms with E-state index in [2.05, 4.69) is 9.97 Å². The van der Waals surface area contributed by atoms with E-state index in [1.165, 1.54) is 19.2 Å². The molecule has 0 spiro atoms. The van der Waals surface area contributed by atoms with E-state index in [9.17, 15) is 17.7 Å². The fraction of sp³-hybridized carbons (Fsp3) is 0.261. The predicted octanol–water partition coefficient (Wildman–Crippen LogP) is 3.34. The van der Waals surface area contributed by atoms with E-state index in [0.29, 0.717) is 27.8 Å². The van der Waals surface area contributed by atoms with Crippen molar-refractivity contribution < 1.29 is 17.7 Å². The molecular formula is C23H25FN3O3PS. The molecule has 1 unspecified atom stereocenters. The van der Waals surface area contributed by atoms with Gasteiger partial charge in [0.1, 0.15) is 16.9 Å². The Morgan fingerprint density at radius 1 is 1.06 bits per heavy atom. The number of aromatic nitrogens is 2. The van der Waals surface area contributed by atoms with Crippen molar-refractivity contribution in [3.63, 3.8) is 0 Å². The molecule has 0 amide bonds. The van der Waals surface area contributed by atoms with Crippen LogP contribution in [0.3, 0.4) is 0 Å². The first kappa shape index (κ1) is 24.0. The van der Waals surface area contributed by atoms with Crippen molar-refractivity contribution >= 4 is 34.8 Å². The van der Waals surface area contributed by atoms with Gasteiger partial charge in [-0.15, -0.1) is 0 Å². The standard InChI is InChI=1S/C23H25FN3O3PS/c1-15(2)21-20(14-31(28)19-12-6-16(3)7-13-19)22(17-8-10-18(24)11-9-17)26-23(25-21)27(4)32(5,29)30/h6-15H,1-5H3. The Balaban J connectivity index is 2.31. The normalized spacial score (nSPS) is 12.3. The third kappa shape index (κ3) is 5.38. The van der Waals surface area contributed by atoms with Gasteiger partial charge in [0.25, 0.3) is 0 Å². The summed E-state index contributed by atoms with van der Waals surface area (Å²) in [6.45, 7) is 5.78. The molecule has 0 radical (unpaired) electrons. The lowest BCUT2D eigenvalue weighted by Crippen LogP contribution is -2.28. The molecule has 0 N–H and O–H groups in total. The van der Waals surface area contributed by atoms with Gasteiger partial charge in [-0.25, -0.2) is 27.1 Å². The van der Waals surface area contributed by atoms with Crippen molar-refractivity contribution in [1.29, 1.82) is 0 Å². The smallest absolute Gasteiger partial charge is 0.239 e. The summed E-state index contributed by atoms with van der Waals surface area (Å²) in [4.78, 5) is 22.2. The van der Waals surface area contributed by atoms with Crippen LogP contribution in [-0.4, -0.2) is 37.5 Å². The Labute approximate surface area is 189 Å². The Bertz CT molecular complexity index is 1260. The quantitative estimate of drug-likeness (QED) is 0.513. The molecule has 9 heteroatoms. The molecule has 168 valence electrons. The molecule has 0 aliphatic rings. The molecule has 3 rings (SSSR count). The molecule has 2 aromatic carbocycles. The molecule has 1 atom stereocenters. The average Bonchev–Trinajstić information content (AvgIpc) is 2.73. The van der Waals surface area contributed by atoms with Crippen LogP contribution in [0.4, 0.5) is 10.3 Å². The highest BCUT2D eigenvalue weighted by molar-refractivity contribution is 7.92. The highest BCUT2D eigenvalue weighted by Crippen LogP contribution is 2.31. The minimum atomic E-state index is -3.61. The van der Waals surface area contributed by atoms with Crippen LogP contribution in [0.15, 0.2) is 48.5 Å². The van der Waals surface area contributed by atoms with Gasteiger partial charge in [0.05, 0.1) is 31.0 Å². The molecule has 0 saturated carbocycles. The highest BCUT2D eigenvalue weighted by Gasteiger charge is 2.24. The van der Waals surface area contributed by atoms with Gasteiger partial charge in [0.15, 0.2) is 0 Å². The van der Waals surface area contributed by atoms with Crippen LogP contribution in [0.2, 0.25) is 0 Å². The van der Waals surface area contributed by atoms with Crippen LogP contribution in [0.5, 0.6) is 0 Å². The minimum Gasteiger partial charge on any atom is -0.626 e. The minimum absolute atomic E-state index is 0.00163. The lowest BCUT2D eigenvalue weighted by atomic mass is 10.00. The van der Waals surface area contributed by atoms with Crippen LogP contribution in [0.1, 0.15) is 36.6 Å². The molecule has 1 heterocycles. The molecule has 1 aromatic heterocycles. The van der Waals surface area contributed by atoms with Crippen molar-refractivity contribution in [3.8, 4) is 11.3 Å². The Kier molecular flexibility index (Phi) is 7.08. The summed E-state index contributed by atoms with van der Waals surface area (Å²) < 4.78 is 38.8. The zero-order chi connectivity index (χ0) is 23.6. The van der Waals surface area contributed by atoms with Crippen LogP contribution in [-0.2, 0) is 10.0 Å². The summed E-state index contributed by atoms with van der Waals surface area (Å²) in [6, 6.07) is 13.1. The molecule has 0 aliphatic carbocycles. The van der Waals surface area contributed by atoms with Crippen molar-refractivity contribution in [2.24, 2.45) is 0 Å². The van der Waals surface area contributed by atoms with E-state index in [-0.39, 0.29) is 11.9 Å². The summed E-state index contributed by atoms with van der Waals surface area (Å²) in [7, 11) is -4.16. The third-order valence-electron chi connectivity index (χ3n) is 4.94. The van der Waals surface area contributed by atoms with E-state index in [1.807, 2.05) is 45.0 Å². The zero-order valence-electron chi connectivity index (χ0n) is 18.6. The summed E-state index contributed by atoms with van der Waals surface area (Å²) in [5.41, 5.74) is 3.12. The van der Waals surface area contributed by atoms with E-state index < -0.39 is 23.6 Å². The Morgan fingerprint density at radius 3 is 2.19 bits per heavy atom. The number of sulfonamides is 1. The number of rotatable bonds is 6. The van der Waals surface area contributed by atoms with Gasteiger partial charge in [-0.3, -0.25) is 0 Å². The molecular weight excluding hydrogens is 448 g/mol. The number of aryl methyl sites for hydroxylation is 1. The van der Waals surface area contributed by atoms with Crippen LogP contribution in [0.25, 0.3) is 11.3 Å². The van der Waals surface area contributed by atoms with Gasteiger partial charge in [-0.1, -0.05) is 31.5 Å². The van der Waals surface area contributed by atoms with E-state index in [0.717, 1.165) is 16.1 Å². The highest BCUT2D eigenvalue weighted by atomic mass is 32.2. The lowest BCUT2D eigenvalue weighted by Gasteiger charge is -2.20. The van der Waals surface area contributed by atoms with Crippen molar-refractivity contribution in [2.45, 2.75) is 26.7 Å². The summed E-state index contributed by atoms with van der Waals surface area (Å²) in [5.74, 6) is 1.09. The topological polar surface area (TPSA) is 86.2 Å². The third-order valence-corrected chi connectivity index (χ3v) is 7.40. The maximum Gasteiger partial charge on any atom is 0.239 e. The SMILES string of the molecule is Cc1ccc(/[P+]([O-])=C/c2c(-c3ccc(F)cc3)nc(N(C)S(C)(=O)=O)nc2C(C)C)cc1. The van der Waals surface area contributed by atoms with E-state index >= 15 is 0 Å². The second-order valence-electron chi connectivity index (χ2n) is 7.85. The maximum absolute atomic E-state index is 13.6. The second kappa shape index (κ2) is 9.45. The number of anilines is 1. The van der Waals surface area contributed by atoms with Crippen molar-refractivity contribution in [3.05, 3.63) is 71.2 Å². The Hall–Kier alpha value is -2.67. The number of halogens is 1. The predicted molar refractivity (Wildman–Crippen MR) is 128 cm³/mol. The average molecular weight is 474 g/mol. The van der Waals surface area contributed by atoms with Gasteiger partial charge in [-0.2, -0.15) is 0 Å². The monoisotopic (exact) mass is 473 g/mol. The molecule has 0 bridgehead atoms. The Morgan fingerprint density at radius 2 is 1.66 bits per heavy atom. The van der Waals surface area contributed by atoms with E-state index in [4.69, 9.17) is 0 Å². The van der Waals surface area contributed by atoms with Crippen molar-refractivity contribution in [1.82, 2.24) is 9.97 Å². The summed E-state index contributed by atoms with van der Waals surface area (Å²) >= 11 is 0. The van der Waals surface area contributed by atoms with Crippen LogP contribution in [0, 0.1) is 12.7 Å². The van der Waals surface area contributed by atoms with Gasteiger partial charge in [0, 0.05) is 12.6 Å². The summed E-state index contributed by atoms with van der Waals surface area (Å²) in [6.07, 6.45) is 1.07. The van der Waals surface area contributed by atoms with Gasteiger partial charge >= 0.3 is 0 Å². The number of hydrogen-bond donors (Lipinski definition) is 0. The first-order valence-corrected chi connectivity index (χ1v) is 13.1. The van der Waals surface area contributed by atoms with Crippen molar-refractivity contribution in [2.75, 3.05) is 17.6 Å². The zero-order valence-corrected chi connectivity index (χ0v) is 20.3. The van der Waals surface area contributed by atoms with Gasteiger partial charge in [0.2, 0.25) is 16.0 Å². The van der Waals surface area contributed by atoms with Gasteiger partial charge in [-0.05, 0) is 49.2 Å². The maximum atomic E-state index is 13.6. The van der Waals surface area contributed by atoms with Crippen LogP contribution < -0.4 is 14.5 Å². The molecule has 0 saturated heterocycles. The molecule has 3 aromatic rings. The number of benzene rings is 2. The molecule has 6 nitrogen and oxygen atoms in total. The molecule has 32 heavy (non-hydrogen) atoms. The van der Waals surface area contributed by atoms with Crippen LogP contribution >= 0.6 is 7.77 Å². The fourth-order valence-electron chi connectivity index (χ4n) is 3.04. The molecule has 0 fully saturated rings.